The molecule has 138 valence electrons. The molecule has 0 saturated carbocycles. The zero-order chi connectivity index (χ0) is 18.5. The fourth-order valence-electron chi connectivity index (χ4n) is 3.83. The van der Waals surface area contributed by atoms with Crippen LogP contribution in [-0.2, 0) is 11.2 Å². The number of aromatic hydroxyl groups is 1. The Labute approximate surface area is 156 Å². The number of benzene rings is 2. The molecule has 26 heavy (non-hydrogen) atoms. The molecule has 0 spiro atoms. The number of ether oxygens (including phenoxy) is 1. The normalized spacial score (nSPS) is 15.8. The summed E-state index contributed by atoms with van der Waals surface area (Å²) >= 11 is 0. The van der Waals surface area contributed by atoms with Gasteiger partial charge in [0.25, 0.3) is 0 Å². The molecule has 3 nitrogen and oxygen atoms in total. The van der Waals surface area contributed by atoms with Gasteiger partial charge in [-0.05, 0) is 43.0 Å². The van der Waals surface area contributed by atoms with Crippen LogP contribution in [0.4, 0.5) is 0 Å². The molecule has 0 fully saturated rings. The summed E-state index contributed by atoms with van der Waals surface area (Å²) in [5.74, 6) is -0.0943. The van der Waals surface area contributed by atoms with Gasteiger partial charge in [0.2, 0.25) is 0 Å². The van der Waals surface area contributed by atoms with Crippen molar-refractivity contribution in [1.29, 1.82) is 0 Å². The lowest BCUT2D eigenvalue weighted by Gasteiger charge is -2.19. The number of cyclic esters (lactones) is 1. The maximum absolute atomic E-state index is 12.2. The molecule has 3 rings (SSSR count). The average molecular weight is 352 g/mol. The summed E-state index contributed by atoms with van der Waals surface area (Å²) in [6.45, 7) is 4.29. The third kappa shape index (κ3) is 3.77. The van der Waals surface area contributed by atoms with E-state index in [0.29, 0.717) is 5.56 Å². The van der Waals surface area contributed by atoms with Gasteiger partial charge < -0.3 is 9.84 Å². The van der Waals surface area contributed by atoms with Crippen LogP contribution >= 0.6 is 0 Å². The van der Waals surface area contributed by atoms with Crippen LogP contribution in [0.1, 0.15) is 84.2 Å². The van der Waals surface area contributed by atoms with Gasteiger partial charge in [0, 0.05) is 11.1 Å². The molecular weight excluding hydrogens is 324 g/mol. The number of phenolic OH excluding ortho intramolecular Hbond substituents is 1. The molecular formula is C23H28O3. The highest BCUT2D eigenvalue weighted by Gasteiger charge is 2.35. The van der Waals surface area contributed by atoms with Crippen LogP contribution in [-0.4, -0.2) is 11.1 Å². The number of phenols is 1. The minimum Gasteiger partial charge on any atom is -0.508 e. The van der Waals surface area contributed by atoms with E-state index < -0.39 is 6.10 Å². The molecule has 0 aliphatic carbocycles. The lowest BCUT2D eigenvalue weighted by Crippen LogP contribution is -2.07. The molecule has 1 aliphatic rings. The van der Waals surface area contributed by atoms with Crippen LogP contribution in [0.25, 0.3) is 0 Å². The van der Waals surface area contributed by atoms with Crippen molar-refractivity contribution in [2.24, 2.45) is 0 Å². The van der Waals surface area contributed by atoms with E-state index in [0.717, 1.165) is 35.1 Å². The summed E-state index contributed by atoms with van der Waals surface area (Å²) in [5, 5.41) is 10.6. The van der Waals surface area contributed by atoms with Gasteiger partial charge >= 0.3 is 5.97 Å². The molecule has 1 N–H and O–H groups in total. The van der Waals surface area contributed by atoms with E-state index >= 15 is 0 Å². The minimum absolute atomic E-state index is 0.214. The number of carbonyl (C=O) groups excluding carboxylic acids is 1. The summed E-state index contributed by atoms with van der Waals surface area (Å²) in [4.78, 5) is 12.2. The Morgan fingerprint density at radius 1 is 1.00 bits per heavy atom. The summed E-state index contributed by atoms with van der Waals surface area (Å²) < 4.78 is 5.65. The average Bonchev–Trinajstić information content (AvgIpc) is 2.97. The Balaban J connectivity index is 1.84. The summed E-state index contributed by atoms with van der Waals surface area (Å²) in [7, 11) is 0. The summed E-state index contributed by atoms with van der Waals surface area (Å²) in [6, 6.07) is 11.1. The van der Waals surface area contributed by atoms with E-state index in [1.165, 1.54) is 32.1 Å². The van der Waals surface area contributed by atoms with Gasteiger partial charge in [0.05, 0.1) is 5.56 Å². The van der Waals surface area contributed by atoms with Gasteiger partial charge in [-0.1, -0.05) is 63.3 Å². The highest BCUT2D eigenvalue weighted by molar-refractivity contribution is 5.94. The number of esters is 1. The minimum atomic E-state index is -0.506. The van der Waals surface area contributed by atoms with Crippen molar-refractivity contribution in [3.63, 3.8) is 0 Å². The molecule has 0 aromatic heterocycles. The van der Waals surface area contributed by atoms with Crippen molar-refractivity contribution in [3.8, 4) is 5.75 Å². The van der Waals surface area contributed by atoms with Crippen molar-refractivity contribution in [1.82, 2.24) is 0 Å². The van der Waals surface area contributed by atoms with Gasteiger partial charge in [-0.2, -0.15) is 0 Å². The first-order valence-electron chi connectivity index (χ1n) is 9.74. The number of hydrogen-bond donors (Lipinski definition) is 1. The van der Waals surface area contributed by atoms with E-state index in [1.807, 2.05) is 24.3 Å². The number of fused-ring (bicyclic) bond motifs is 1. The molecule has 3 heteroatoms. The highest BCUT2D eigenvalue weighted by atomic mass is 16.5. The number of unbranched alkanes of at least 4 members (excludes halogenated alkanes) is 5. The van der Waals surface area contributed by atoms with Gasteiger partial charge in [-0.15, -0.1) is 0 Å². The first-order chi connectivity index (χ1) is 12.6. The standard InChI is InChI=1S/C23H28O3/c1-3-4-5-6-7-8-11-17-16(2)14-15-20(24)21(17)22-18-12-9-10-13-19(18)23(25)26-22/h9-10,12-15,22,24H,3-8,11H2,1-2H3. The largest absolute Gasteiger partial charge is 0.508 e. The molecule has 1 aliphatic heterocycles. The highest BCUT2D eigenvalue weighted by Crippen LogP contribution is 2.42. The number of hydrogen-bond acceptors (Lipinski definition) is 3. The zero-order valence-electron chi connectivity index (χ0n) is 15.8. The molecule has 2 aromatic carbocycles. The van der Waals surface area contributed by atoms with Crippen molar-refractivity contribution in [3.05, 3.63) is 64.2 Å². The lowest BCUT2D eigenvalue weighted by molar-refractivity contribution is 0.0451. The number of carbonyl (C=O) groups is 1. The predicted octanol–water partition coefficient (Wildman–Crippen LogP) is 5.86. The Morgan fingerprint density at radius 3 is 2.54 bits per heavy atom. The van der Waals surface area contributed by atoms with Gasteiger partial charge in [-0.25, -0.2) is 4.79 Å². The van der Waals surface area contributed by atoms with Crippen molar-refractivity contribution < 1.29 is 14.6 Å². The smallest absolute Gasteiger partial charge is 0.339 e. The molecule has 0 saturated heterocycles. The van der Waals surface area contributed by atoms with Crippen LogP contribution in [0.3, 0.4) is 0 Å². The Morgan fingerprint density at radius 2 is 1.73 bits per heavy atom. The van der Waals surface area contributed by atoms with E-state index in [1.54, 1.807) is 12.1 Å². The van der Waals surface area contributed by atoms with E-state index in [2.05, 4.69) is 13.8 Å². The van der Waals surface area contributed by atoms with Crippen molar-refractivity contribution in [2.75, 3.05) is 0 Å². The van der Waals surface area contributed by atoms with Gasteiger partial charge in [0.1, 0.15) is 5.75 Å². The number of rotatable bonds is 8. The Kier molecular flexibility index (Phi) is 5.97. The first-order valence-corrected chi connectivity index (χ1v) is 9.74. The third-order valence-corrected chi connectivity index (χ3v) is 5.30. The van der Waals surface area contributed by atoms with Crippen LogP contribution in [0.2, 0.25) is 0 Å². The van der Waals surface area contributed by atoms with Gasteiger partial charge in [-0.3, -0.25) is 0 Å². The van der Waals surface area contributed by atoms with E-state index in [4.69, 9.17) is 4.74 Å². The summed E-state index contributed by atoms with van der Waals surface area (Å²) in [6.07, 6.45) is 7.76. The second-order valence-corrected chi connectivity index (χ2v) is 7.18. The second-order valence-electron chi connectivity index (χ2n) is 7.18. The quantitative estimate of drug-likeness (QED) is 0.478. The molecule has 2 aromatic rings. The molecule has 1 atom stereocenters. The van der Waals surface area contributed by atoms with Crippen LogP contribution in [0, 0.1) is 6.92 Å². The maximum Gasteiger partial charge on any atom is 0.339 e. The molecule has 0 bridgehead atoms. The van der Waals surface area contributed by atoms with Crippen LogP contribution in [0.5, 0.6) is 5.75 Å². The second kappa shape index (κ2) is 8.39. The molecule has 0 amide bonds. The van der Waals surface area contributed by atoms with Crippen molar-refractivity contribution >= 4 is 5.97 Å². The van der Waals surface area contributed by atoms with Crippen LogP contribution in [0.15, 0.2) is 36.4 Å². The lowest BCUT2D eigenvalue weighted by atomic mass is 9.89. The monoisotopic (exact) mass is 352 g/mol. The number of aryl methyl sites for hydroxylation is 1. The molecule has 1 heterocycles. The van der Waals surface area contributed by atoms with E-state index in [9.17, 15) is 9.90 Å². The fourth-order valence-corrected chi connectivity index (χ4v) is 3.83. The maximum atomic E-state index is 12.2. The SMILES string of the molecule is CCCCCCCCc1c(C)ccc(O)c1C1OC(=O)c2ccccc21. The van der Waals surface area contributed by atoms with Crippen molar-refractivity contribution in [2.45, 2.75) is 64.9 Å². The molecule has 1 unspecified atom stereocenters. The first kappa shape index (κ1) is 18.5. The fraction of sp³-hybridized carbons (Fsp3) is 0.435. The Hall–Kier alpha value is -2.29. The Bertz CT molecular complexity index is 779. The van der Waals surface area contributed by atoms with Crippen LogP contribution < -0.4 is 0 Å². The van der Waals surface area contributed by atoms with Gasteiger partial charge in [0.15, 0.2) is 6.10 Å². The zero-order valence-corrected chi connectivity index (χ0v) is 15.8. The predicted molar refractivity (Wildman–Crippen MR) is 104 cm³/mol. The third-order valence-electron chi connectivity index (χ3n) is 5.30. The topological polar surface area (TPSA) is 46.5 Å². The summed E-state index contributed by atoms with van der Waals surface area (Å²) in [5.41, 5.74) is 4.48. The van der Waals surface area contributed by atoms with E-state index in [-0.39, 0.29) is 11.7 Å². The molecule has 0 radical (unpaired) electrons.